The second kappa shape index (κ2) is 3.69. The summed E-state index contributed by atoms with van der Waals surface area (Å²) in [4.78, 5) is 11.3. The molecule has 0 aromatic rings. The van der Waals surface area contributed by atoms with E-state index in [4.69, 9.17) is 10.2 Å². The molecule has 0 spiro atoms. The molecule has 2 N–H and O–H groups in total. The number of amides is 1. The summed E-state index contributed by atoms with van der Waals surface area (Å²) in [7, 11) is 0. The van der Waals surface area contributed by atoms with Crippen molar-refractivity contribution in [3.8, 4) is 0 Å². The number of carbonyl (C=O) groups is 1. The maximum Gasteiger partial charge on any atom is 0.407 e. The van der Waals surface area contributed by atoms with Gasteiger partial charge in [-0.15, -0.1) is 0 Å². The Kier molecular flexibility index (Phi) is 2.82. The van der Waals surface area contributed by atoms with Crippen LogP contribution in [0.4, 0.5) is 13.6 Å². The van der Waals surface area contributed by atoms with Gasteiger partial charge in [0.2, 0.25) is 0 Å². The number of aliphatic hydroxyl groups is 1. The maximum absolute atomic E-state index is 12.1. The van der Waals surface area contributed by atoms with Gasteiger partial charge in [0.25, 0.3) is 6.08 Å². The van der Waals surface area contributed by atoms with Gasteiger partial charge in [-0.1, -0.05) is 0 Å². The number of carboxylic acid groups (broad SMARTS) is 1. The lowest BCUT2D eigenvalue weighted by molar-refractivity contribution is 0.118. The summed E-state index contributed by atoms with van der Waals surface area (Å²) in [5.41, 5.74) is -0.207. The fourth-order valence-electron chi connectivity index (χ4n) is 1.32. The van der Waals surface area contributed by atoms with Gasteiger partial charge in [-0.3, -0.25) is 4.90 Å². The van der Waals surface area contributed by atoms with Gasteiger partial charge in [-0.25, -0.2) is 4.79 Å². The van der Waals surface area contributed by atoms with Crippen LogP contribution >= 0.6 is 0 Å². The van der Waals surface area contributed by atoms with Crippen LogP contribution in [0.2, 0.25) is 0 Å². The molecule has 0 saturated carbocycles. The Bertz CT molecular complexity index is 250. The Morgan fingerprint density at radius 2 is 2.23 bits per heavy atom. The number of likely N-dealkylation sites (tertiary alicyclic amines) is 1. The largest absolute Gasteiger partial charge is 0.465 e. The van der Waals surface area contributed by atoms with E-state index in [0.29, 0.717) is 0 Å². The number of rotatable bonds is 1. The molecule has 1 rings (SSSR count). The van der Waals surface area contributed by atoms with Gasteiger partial charge in [0, 0.05) is 5.57 Å². The Morgan fingerprint density at radius 1 is 1.62 bits per heavy atom. The third-order valence-corrected chi connectivity index (χ3v) is 2.01. The van der Waals surface area contributed by atoms with Crippen LogP contribution in [0.3, 0.4) is 0 Å². The van der Waals surface area contributed by atoms with E-state index in [-0.39, 0.29) is 18.5 Å². The van der Waals surface area contributed by atoms with Gasteiger partial charge < -0.3 is 10.2 Å². The Labute approximate surface area is 73.1 Å². The van der Waals surface area contributed by atoms with Crippen LogP contribution in [0.15, 0.2) is 11.7 Å². The molecule has 1 atom stereocenters. The Hall–Kier alpha value is -1.17. The molecule has 0 unspecified atom stereocenters. The van der Waals surface area contributed by atoms with Gasteiger partial charge in [-0.2, -0.15) is 8.78 Å². The molecule has 1 aliphatic heterocycles. The summed E-state index contributed by atoms with van der Waals surface area (Å²) >= 11 is 0. The summed E-state index contributed by atoms with van der Waals surface area (Å²) in [5, 5.41) is 17.3. The van der Waals surface area contributed by atoms with E-state index in [9.17, 15) is 13.6 Å². The summed E-state index contributed by atoms with van der Waals surface area (Å²) in [6, 6.07) is -0.728. The van der Waals surface area contributed by atoms with Crippen molar-refractivity contribution in [2.24, 2.45) is 0 Å². The molecule has 1 heterocycles. The monoisotopic (exact) mass is 193 g/mol. The highest BCUT2D eigenvalue weighted by Gasteiger charge is 2.33. The van der Waals surface area contributed by atoms with Gasteiger partial charge in [0.15, 0.2) is 0 Å². The lowest BCUT2D eigenvalue weighted by atomic mass is 10.2. The van der Waals surface area contributed by atoms with Gasteiger partial charge >= 0.3 is 6.09 Å². The predicted molar refractivity (Wildman–Crippen MR) is 39.5 cm³/mol. The SMILES string of the molecule is O=C(O)N1CC(=C(F)F)C[C@H]1CO. The lowest BCUT2D eigenvalue weighted by Gasteiger charge is -2.17. The standard InChI is InChI=1S/C7H9F2NO3/c8-6(9)4-1-5(3-11)10(2-4)7(12)13/h5,11H,1-3H2,(H,12,13)/t5-/m0/s1. The highest BCUT2D eigenvalue weighted by Crippen LogP contribution is 2.25. The van der Waals surface area contributed by atoms with Crippen molar-refractivity contribution in [3.63, 3.8) is 0 Å². The highest BCUT2D eigenvalue weighted by molar-refractivity contribution is 5.66. The summed E-state index contributed by atoms with van der Waals surface area (Å²) in [5.74, 6) is 0. The molecule has 6 heteroatoms. The zero-order valence-electron chi connectivity index (χ0n) is 6.70. The summed E-state index contributed by atoms with van der Waals surface area (Å²) in [6.07, 6.45) is -3.21. The van der Waals surface area contributed by atoms with Crippen LogP contribution in [0.1, 0.15) is 6.42 Å². The second-order valence-electron chi connectivity index (χ2n) is 2.81. The first-order valence-electron chi connectivity index (χ1n) is 3.69. The minimum Gasteiger partial charge on any atom is -0.465 e. The fraction of sp³-hybridized carbons (Fsp3) is 0.571. The molecule has 13 heavy (non-hydrogen) atoms. The number of nitrogens with zero attached hydrogens (tertiary/aromatic N) is 1. The van der Waals surface area contributed by atoms with Crippen LogP contribution < -0.4 is 0 Å². The van der Waals surface area contributed by atoms with Gasteiger partial charge in [-0.05, 0) is 6.42 Å². The highest BCUT2D eigenvalue weighted by atomic mass is 19.3. The molecule has 1 saturated heterocycles. The number of aliphatic hydroxyl groups excluding tert-OH is 1. The second-order valence-corrected chi connectivity index (χ2v) is 2.81. The first kappa shape index (κ1) is 9.91. The average molecular weight is 193 g/mol. The molecule has 1 amide bonds. The van der Waals surface area contributed by atoms with Crippen LogP contribution in [0, 0.1) is 0 Å². The first-order valence-corrected chi connectivity index (χ1v) is 3.69. The minimum atomic E-state index is -1.85. The molecule has 1 fully saturated rings. The van der Waals surface area contributed by atoms with Crippen molar-refractivity contribution in [1.29, 1.82) is 0 Å². The maximum atomic E-state index is 12.1. The molecular weight excluding hydrogens is 184 g/mol. The molecule has 0 aromatic carbocycles. The molecule has 4 nitrogen and oxygen atoms in total. The smallest absolute Gasteiger partial charge is 0.407 e. The molecule has 0 radical (unpaired) electrons. The molecule has 0 aliphatic carbocycles. The number of hydrogen-bond donors (Lipinski definition) is 2. The Balaban J connectivity index is 2.79. The van der Waals surface area contributed by atoms with E-state index in [1.807, 2.05) is 0 Å². The molecule has 0 bridgehead atoms. The quantitative estimate of drug-likeness (QED) is 0.649. The topological polar surface area (TPSA) is 60.8 Å². The first-order chi connectivity index (χ1) is 6.06. The van der Waals surface area contributed by atoms with Crippen LogP contribution in [0.25, 0.3) is 0 Å². The summed E-state index contributed by atoms with van der Waals surface area (Å²) < 4.78 is 24.1. The van der Waals surface area contributed by atoms with Crippen molar-refractivity contribution in [1.82, 2.24) is 4.90 Å². The van der Waals surface area contributed by atoms with Crippen molar-refractivity contribution in [2.75, 3.05) is 13.2 Å². The van der Waals surface area contributed by atoms with Gasteiger partial charge in [0.05, 0.1) is 19.2 Å². The lowest BCUT2D eigenvalue weighted by Crippen LogP contribution is -2.36. The summed E-state index contributed by atoms with van der Waals surface area (Å²) in [6.45, 7) is -0.730. The van der Waals surface area contributed by atoms with Crippen LogP contribution in [0.5, 0.6) is 0 Å². The average Bonchev–Trinajstić information content (AvgIpc) is 2.47. The van der Waals surface area contributed by atoms with E-state index < -0.39 is 24.8 Å². The van der Waals surface area contributed by atoms with Crippen molar-refractivity contribution in [3.05, 3.63) is 11.7 Å². The van der Waals surface area contributed by atoms with E-state index in [0.717, 1.165) is 4.90 Å². The van der Waals surface area contributed by atoms with Crippen molar-refractivity contribution < 1.29 is 23.8 Å². The van der Waals surface area contributed by atoms with Crippen molar-refractivity contribution >= 4 is 6.09 Å². The zero-order chi connectivity index (χ0) is 10.0. The van der Waals surface area contributed by atoms with E-state index in [2.05, 4.69) is 0 Å². The number of halogens is 2. The van der Waals surface area contributed by atoms with E-state index in [1.54, 1.807) is 0 Å². The molecule has 0 aromatic heterocycles. The zero-order valence-corrected chi connectivity index (χ0v) is 6.70. The molecular formula is C7H9F2NO3. The van der Waals surface area contributed by atoms with Crippen molar-refractivity contribution in [2.45, 2.75) is 12.5 Å². The van der Waals surface area contributed by atoms with Crippen LogP contribution in [-0.4, -0.2) is 40.4 Å². The van der Waals surface area contributed by atoms with E-state index >= 15 is 0 Å². The third-order valence-electron chi connectivity index (χ3n) is 2.01. The third kappa shape index (κ3) is 1.95. The van der Waals surface area contributed by atoms with Gasteiger partial charge in [0.1, 0.15) is 0 Å². The Morgan fingerprint density at radius 3 is 2.54 bits per heavy atom. The number of hydrogen-bond acceptors (Lipinski definition) is 2. The van der Waals surface area contributed by atoms with E-state index in [1.165, 1.54) is 0 Å². The van der Waals surface area contributed by atoms with Crippen LogP contribution in [-0.2, 0) is 0 Å². The molecule has 1 aliphatic rings. The minimum absolute atomic E-state index is 0.0782. The fourth-order valence-corrected chi connectivity index (χ4v) is 1.32. The molecule has 74 valence electrons. The normalized spacial score (nSPS) is 22.2. The predicted octanol–water partition coefficient (Wildman–Crippen LogP) is 0.882.